The van der Waals surface area contributed by atoms with E-state index in [9.17, 15) is 0 Å². The fourth-order valence-corrected chi connectivity index (χ4v) is 2.78. The van der Waals surface area contributed by atoms with Gasteiger partial charge in [0, 0.05) is 0 Å². The molecule has 1 N–H and O–H groups in total. The van der Waals surface area contributed by atoms with Crippen LogP contribution in [0.15, 0.2) is 18.2 Å². The lowest BCUT2D eigenvalue weighted by atomic mass is 9.86. The number of hydrogen-bond donors (Lipinski definition) is 1. The van der Waals surface area contributed by atoms with E-state index < -0.39 is 0 Å². The number of ether oxygens (including phenoxy) is 1. The number of piperidine rings is 1. The Morgan fingerprint density at radius 1 is 1.30 bits per heavy atom. The summed E-state index contributed by atoms with van der Waals surface area (Å²) in [4.78, 5) is 0. The number of nitrogens with one attached hydrogen (secondary N) is 1. The summed E-state index contributed by atoms with van der Waals surface area (Å²) in [5.74, 6) is 1.83. The van der Waals surface area contributed by atoms with Gasteiger partial charge in [-0.1, -0.05) is 32.9 Å². The van der Waals surface area contributed by atoms with Crippen LogP contribution in [0.1, 0.15) is 51.2 Å². The first-order chi connectivity index (χ1) is 9.47. The normalized spacial score (nSPS) is 19.9. The summed E-state index contributed by atoms with van der Waals surface area (Å²) < 4.78 is 5.98. The van der Waals surface area contributed by atoms with Crippen molar-refractivity contribution in [2.24, 2.45) is 5.92 Å². The molecule has 0 aliphatic carbocycles. The largest absolute Gasteiger partial charge is 0.493 e. The maximum absolute atomic E-state index is 5.98. The van der Waals surface area contributed by atoms with Crippen molar-refractivity contribution >= 4 is 0 Å². The zero-order valence-corrected chi connectivity index (χ0v) is 13.5. The minimum atomic E-state index is 0.205. The molecule has 1 aromatic carbocycles. The first-order valence-electron chi connectivity index (χ1n) is 7.91. The van der Waals surface area contributed by atoms with Crippen LogP contribution in [0.5, 0.6) is 5.75 Å². The van der Waals surface area contributed by atoms with Crippen LogP contribution < -0.4 is 10.1 Å². The highest BCUT2D eigenvalue weighted by Crippen LogP contribution is 2.27. The van der Waals surface area contributed by atoms with Crippen LogP contribution in [0.3, 0.4) is 0 Å². The Hall–Kier alpha value is -1.02. The van der Waals surface area contributed by atoms with E-state index in [1.54, 1.807) is 0 Å². The van der Waals surface area contributed by atoms with Gasteiger partial charge >= 0.3 is 0 Å². The summed E-state index contributed by atoms with van der Waals surface area (Å²) in [6.07, 6.45) is 3.82. The van der Waals surface area contributed by atoms with Crippen molar-refractivity contribution in [3.8, 4) is 5.75 Å². The van der Waals surface area contributed by atoms with Gasteiger partial charge in [0.25, 0.3) is 0 Å². The van der Waals surface area contributed by atoms with Gasteiger partial charge in [-0.2, -0.15) is 0 Å². The summed E-state index contributed by atoms with van der Waals surface area (Å²) >= 11 is 0. The Balaban J connectivity index is 1.86. The van der Waals surface area contributed by atoms with E-state index in [0.717, 1.165) is 31.2 Å². The third-order valence-electron chi connectivity index (χ3n) is 4.22. The number of aryl methyl sites for hydroxylation is 1. The number of benzene rings is 1. The molecule has 0 spiro atoms. The van der Waals surface area contributed by atoms with Crippen molar-refractivity contribution in [3.63, 3.8) is 0 Å². The second-order valence-electron chi connectivity index (χ2n) is 7.08. The monoisotopic (exact) mass is 275 g/mol. The molecule has 2 nitrogen and oxygen atoms in total. The number of hydrogen-bond acceptors (Lipinski definition) is 2. The molecule has 20 heavy (non-hydrogen) atoms. The molecule has 0 amide bonds. The van der Waals surface area contributed by atoms with Gasteiger partial charge in [0.15, 0.2) is 0 Å². The summed E-state index contributed by atoms with van der Waals surface area (Å²) in [6.45, 7) is 12.1. The third kappa shape index (κ3) is 4.24. The number of rotatable bonds is 4. The molecule has 0 saturated carbocycles. The molecular formula is C18H29NO. The predicted octanol–water partition coefficient (Wildman–Crippen LogP) is 4.06. The fourth-order valence-electron chi connectivity index (χ4n) is 2.78. The molecule has 2 heteroatoms. The Labute approximate surface area is 123 Å². The lowest BCUT2D eigenvalue weighted by molar-refractivity contribution is 0.253. The Kier molecular flexibility index (Phi) is 5.09. The molecule has 0 radical (unpaired) electrons. The van der Waals surface area contributed by atoms with E-state index in [4.69, 9.17) is 4.74 Å². The molecule has 1 heterocycles. The first-order valence-corrected chi connectivity index (χ1v) is 7.91. The van der Waals surface area contributed by atoms with Crippen LogP contribution in [0.2, 0.25) is 0 Å². The van der Waals surface area contributed by atoms with Crippen LogP contribution in [0, 0.1) is 12.8 Å². The second kappa shape index (κ2) is 6.62. The zero-order chi connectivity index (χ0) is 14.6. The molecule has 1 aliphatic rings. The van der Waals surface area contributed by atoms with Gasteiger partial charge in [-0.15, -0.1) is 0 Å². The van der Waals surface area contributed by atoms with Crippen molar-refractivity contribution in [2.75, 3.05) is 19.7 Å². The van der Waals surface area contributed by atoms with E-state index in [-0.39, 0.29) is 5.41 Å². The SMILES string of the molecule is Cc1cc(C(C)(C)C)ccc1OCCC1CCCNC1. The zero-order valence-electron chi connectivity index (χ0n) is 13.5. The van der Waals surface area contributed by atoms with Crippen molar-refractivity contribution in [2.45, 2.75) is 52.4 Å². The van der Waals surface area contributed by atoms with E-state index >= 15 is 0 Å². The minimum Gasteiger partial charge on any atom is -0.493 e. The van der Waals surface area contributed by atoms with E-state index in [2.05, 4.69) is 51.2 Å². The summed E-state index contributed by atoms with van der Waals surface area (Å²) in [5, 5.41) is 3.46. The van der Waals surface area contributed by atoms with Gasteiger partial charge in [-0.05, 0) is 67.8 Å². The van der Waals surface area contributed by atoms with E-state index in [0.29, 0.717) is 0 Å². The van der Waals surface area contributed by atoms with Crippen molar-refractivity contribution in [1.82, 2.24) is 5.32 Å². The summed E-state index contributed by atoms with van der Waals surface area (Å²) in [6, 6.07) is 6.59. The van der Waals surface area contributed by atoms with E-state index in [1.165, 1.54) is 30.5 Å². The molecular weight excluding hydrogens is 246 g/mol. The standard InChI is InChI=1S/C18H29NO/c1-14-12-16(18(2,3)4)7-8-17(14)20-11-9-15-6-5-10-19-13-15/h7-8,12,15,19H,5-6,9-11,13H2,1-4H3. The predicted molar refractivity (Wildman–Crippen MR) is 85.6 cm³/mol. The van der Waals surface area contributed by atoms with Crippen molar-refractivity contribution in [3.05, 3.63) is 29.3 Å². The van der Waals surface area contributed by atoms with Gasteiger partial charge in [0.1, 0.15) is 5.75 Å². The molecule has 1 unspecified atom stereocenters. The fraction of sp³-hybridized carbons (Fsp3) is 0.667. The van der Waals surface area contributed by atoms with Gasteiger partial charge in [-0.25, -0.2) is 0 Å². The maximum atomic E-state index is 5.98. The summed E-state index contributed by atoms with van der Waals surface area (Å²) in [7, 11) is 0. The lowest BCUT2D eigenvalue weighted by Gasteiger charge is -2.23. The minimum absolute atomic E-state index is 0.205. The molecule has 1 aromatic rings. The topological polar surface area (TPSA) is 21.3 Å². The Bertz CT molecular complexity index is 428. The maximum Gasteiger partial charge on any atom is 0.122 e. The third-order valence-corrected chi connectivity index (χ3v) is 4.22. The van der Waals surface area contributed by atoms with Gasteiger partial charge in [0.05, 0.1) is 6.61 Å². The molecule has 1 fully saturated rings. The lowest BCUT2D eigenvalue weighted by Crippen LogP contribution is -2.30. The van der Waals surface area contributed by atoms with Crippen LogP contribution in [0.4, 0.5) is 0 Å². The molecule has 1 aliphatic heterocycles. The second-order valence-corrected chi connectivity index (χ2v) is 7.08. The quantitative estimate of drug-likeness (QED) is 0.894. The molecule has 0 bridgehead atoms. The molecule has 1 atom stereocenters. The van der Waals surface area contributed by atoms with Crippen LogP contribution in [-0.4, -0.2) is 19.7 Å². The molecule has 1 saturated heterocycles. The van der Waals surface area contributed by atoms with Gasteiger partial charge < -0.3 is 10.1 Å². The molecule has 2 rings (SSSR count). The van der Waals surface area contributed by atoms with Gasteiger partial charge in [-0.3, -0.25) is 0 Å². The average molecular weight is 275 g/mol. The smallest absolute Gasteiger partial charge is 0.122 e. The first kappa shape index (κ1) is 15.4. The highest BCUT2D eigenvalue weighted by molar-refractivity contribution is 5.38. The summed E-state index contributed by atoms with van der Waals surface area (Å²) in [5.41, 5.74) is 2.83. The highest BCUT2D eigenvalue weighted by Gasteiger charge is 2.15. The Morgan fingerprint density at radius 2 is 2.10 bits per heavy atom. The van der Waals surface area contributed by atoms with Gasteiger partial charge in [0.2, 0.25) is 0 Å². The average Bonchev–Trinajstić information content (AvgIpc) is 2.40. The molecule has 112 valence electrons. The van der Waals surface area contributed by atoms with Crippen LogP contribution in [0.25, 0.3) is 0 Å². The van der Waals surface area contributed by atoms with Crippen molar-refractivity contribution < 1.29 is 4.74 Å². The Morgan fingerprint density at radius 3 is 2.70 bits per heavy atom. The van der Waals surface area contributed by atoms with Crippen molar-refractivity contribution in [1.29, 1.82) is 0 Å². The van der Waals surface area contributed by atoms with Crippen LogP contribution in [-0.2, 0) is 5.41 Å². The van der Waals surface area contributed by atoms with E-state index in [1.807, 2.05) is 0 Å². The van der Waals surface area contributed by atoms with Crippen LogP contribution >= 0.6 is 0 Å². The molecule has 0 aromatic heterocycles. The highest BCUT2D eigenvalue weighted by atomic mass is 16.5.